The van der Waals surface area contributed by atoms with Crippen molar-refractivity contribution < 1.29 is 18.8 Å². The third-order valence-corrected chi connectivity index (χ3v) is 6.70. The van der Waals surface area contributed by atoms with E-state index >= 15 is 0 Å². The van der Waals surface area contributed by atoms with Gasteiger partial charge in [-0.3, -0.25) is 10.3 Å². The molecule has 1 aromatic heterocycles. The average Bonchev–Trinajstić information content (AvgIpc) is 3.56. The molecule has 7 heteroatoms. The zero-order valence-electron chi connectivity index (χ0n) is 18.4. The van der Waals surface area contributed by atoms with E-state index in [4.69, 9.17) is 23.8 Å². The molecule has 1 N–H and O–H groups in total. The van der Waals surface area contributed by atoms with Crippen LogP contribution in [0, 0.1) is 0 Å². The molecule has 0 spiro atoms. The number of rotatable bonds is 6. The molecule has 0 saturated heterocycles. The van der Waals surface area contributed by atoms with Gasteiger partial charge in [-0.15, -0.1) is 0 Å². The molecule has 1 atom stereocenters. The molecule has 2 saturated carbocycles. The highest BCUT2D eigenvalue weighted by molar-refractivity contribution is 5.68. The molecule has 2 aliphatic carbocycles. The molecule has 31 heavy (non-hydrogen) atoms. The predicted molar refractivity (Wildman–Crippen MR) is 116 cm³/mol. The zero-order valence-corrected chi connectivity index (χ0v) is 18.4. The van der Waals surface area contributed by atoms with Crippen molar-refractivity contribution in [3.05, 3.63) is 41.6 Å². The van der Waals surface area contributed by atoms with Crippen LogP contribution in [0.1, 0.15) is 87.9 Å². The molecule has 1 aliphatic heterocycles. The number of hydroxylamine groups is 1. The Morgan fingerprint density at radius 1 is 1.03 bits per heavy atom. The monoisotopic (exact) mass is 425 g/mol. The van der Waals surface area contributed by atoms with Crippen LogP contribution in [0.5, 0.6) is 11.5 Å². The second kappa shape index (κ2) is 8.54. The number of methoxy groups -OCH3 is 1. The number of benzene rings is 1. The molecule has 5 rings (SSSR count). The van der Waals surface area contributed by atoms with Crippen LogP contribution in [0.2, 0.25) is 0 Å². The van der Waals surface area contributed by atoms with E-state index < -0.39 is 5.60 Å². The van der Waals surface area contributed by atoms with Crippen molar-refractivity contribution in [1.29, 1.82) is 0 Å². The Morgan fingerprint density at radius 3 is 2.58 bits per heavy atom. The van der Waals surface area contributed by atoms with E-state index in [1.165, 1.54) is 32.1 Å². The molecule has 7 nitrogen and oxygen atoms in total. The van der Waals surface area contributed by atoms with E-state index in [9.17, 15) is 0 Å². The Balaban J connectivity index is 1.37. The Labute approximate surface area is 183 Å². The molecule has 166 valence electrons. The Hall–Kier alpha value is -2.54. The van der Waals surface area contributed by atoms with Gasteiger partial charge in [0.05, 0.1) is 18.9 Å². The normalized spacial score (nSPS) is 24.8. The van der Waals surface area contributed by atoms with Crippen LogP contribution in [0.3, 0.4) is 0 Å². The summed E-state index contributed by atoms with van der Waals surface area (Å²) < 4.78 is 17.4. The summed E-state index contributed by atoms with van der Waals surface area (Å²) in [4.78, 5) is 10.6. The minimum Gasteiger partial charge on any atom is -0.493 e. The second-order valence-electron chi connectivity index (χ2n) is 9.05. The summed E-state index contributed by atoms with van der Waals surface area (Å²) in [6.07, 6.45) is 12.9. The maximum absolute atomic E-state index is 6.24. The van der Waals surface area contributed by atoms with Crippen LogP contribution >= 0.6 is 0 Å². The lowest BCUT2D eigenvalue weighted by atomic mass is 9.89. The molecule has 2 aromatic rings. The van der Waals surface area contributed by atoms with Crippen molar-refractivity contribution in [1.82, 2.24) is 15.6 Å². The lowest BCUT2D eigenvalue weighted by Crippen LogP contribution is -2.24. The molecule has 1 unspecified atom stereocenters. The quantitative estimate of drug-likeness (QED) is 0.678. The Bertz CT molecular complexity index is 944. The SMILES string of the molecule is COc1ccc(C2=CC(C)(c3noc(C4CCCCC4)n3)ON2)cc1OC1CCCC1. The first-order chi connectivity index (χ1) is 15.1. The Morgan fingerprint density at radius 2 is 1.81 bits per heavy atom. The van der Waals surface area contributed by atoms with Gasteiger partial charge in [0.2, 0.25) is 11.7 Å². The summed E-state index contributed by atoms with van der Waals surface area (Å²) in [5.41, 5.74) is 4.08. The third kappa shape index (κ3) is 4.15. The topological polar surface area (TPSA) is 78.6 Å². The minimum absolute atomic E-state index is 0.258. The van der Waals surface area contributed by atoms with Crippen molar-refractivity contribution in [3.63, 3.8) is 0 Å². The summed E-state index contributed by atoms with van der Waals surface area (Å²) in [5, 5.41) is 4.25. The lowest BCUT2D eigenvalue weighted by Gasteiger charge is -2.17. The second-order valence-corrected chi connectivity index (χ2v) is 9.05. The zero-order chi connectivity index (χ0) is 21.3. The molecule has 1 aromatic carbocycles. The highest BCUT2D eigenvalue weighted by atomic mass is 16.7. The third-order valence-electron chi connectivity index (χ3n) is 6.70. The van der Waals surface area contributed by atoms with Crippen molar-refractivity contribution in [3.8, 4) is 11.5 Å². The van der Waals surface area contributed by atoms with E-state index in [2.05, 4.69) is 10.6 Å². The van der Waals surface area contributed by atoms with Crippen LogP contribution in [0.25, 0.3) is 5.70 Å². The highest BCUT2D eigenvalue weighted by Crippen LogP contribution is 2.38. The van der Waals surface area contributed by atoms with Crippen LogP contribution in [0.4, 0.5) is 0 Å². The van der Waals surface area contributed by atoms with Gasteiger partial charge in [0.1, 0.15) is 0 Å². The maximum atomic E-state index is 6.24. The number of nitrogens with zero attached hydrogens (tertiary/aromatic N) is 2. The largest absolute Gasteiger partial charge is 0.493 e. The average molecular weight is 426 g/mol. The van der Waals surface area contributed by atoms with Gasteiger partial charge in [-0.25, -0.2) is 0 Å². The fourth-order valence-corrected chi connectivity index (χ4v) is 4.82. The Kier molecular flexibility index (Phi) is 5.61. The van der Waals surface area contributed by atoms with E-state index in [1.54, 1.807) is 7.11 Å². The number of hydrogen-bond acceptors (Lipinski definition) is 7. The smallest absolute Gasteiger partial charge is 0.229 e. The summed E-state index contributed by atoms with van der Waals surface area (Å²) in [5.74, 6) is 3.16. The first-order valence-corrected chi connectivity index (χ1v) is 11.5. The molecule has 2 heterocycles. The maximum Gasteiger partial charge on any atom is 0.229 e. The highest BCUT2D eigenvalue weighted by Gasteiger charge is 2.38. The number of hydrogen-bond donors (Lipinski definition) is 1. The number of aromatic nitrogens is 2. The van der Waals surface area contributed by atoms with Gasteiger partial charge in [0.15, 0.2) is 17.1 Å². The van der Waals surface area contributed by atoms with E-state index in [0.717, 1.165) is 54.3 Å². The minimum atomic E-state index is -0.794. The predicted octanol–water partition coefficient (Wildman–Crippen LogP) is 5.24. The van der Waals surface area contributed by atoms with E-state index in [1.807, 2.05) is 31.2 Å². The van der Waals surface area contributed by atoms with Crippen LogP contribution < -0.4 is 15.0 Å². The van der Waals surface area contributed by atoms with Crippen molar-refractivity contribution in [2.24, 2.45) is 0 Å². The van der Waals surface area contributed by atoms with Crippen LogP contribution in [-0.4, -0.2) is 23.4 Å². The lowest BCUT2D eigenvalue weighted by molar-refractivity contribution is -0.0319. The molecular weight excluding hydrogens is 394 g/mol. The van der Waals surface area contributed by atoms with Gasteiger partial charge in [-0.2, -0.15) is 4.98 Å². The van der Waals surface area contributed by atoms with Gasteiger partial charge in [-0.1, -0.05) is 24.4 Å². The standard InChI is InChI=1S/C24H31N3O4/c1-24(23-25-22(30-27-23)16-8-4-3-5-9-16)15-19(26-31-24)17-12-13-20(28-2)21(14-17)29-18-10-6-7-11-18/h12-16,18,26H,3-11H2,1-2H3. The summed E-state index contributed by atoms with van der Waals surface area (Å²) in [6, 6.07) is 5.94. The fourth-order valence-electron chi connectivity index (χ4n) is 4.82. The van der Waals surface area contributed by atoms with Crippen molar-refractivity contribution in [2.45, 2.75) is 82.3 Å². The molecule has 0 amide bonds. The first kappa shape index (κ1) is 20.4. The summed E-state index contributed by atoms with van der Waals surface area (Å²) in [7, 11) is 1.67. The van der Waals surface area contributed by atoms with Crippen LogP contribution in [0.15, 0.2) is 28.8 Å². The van der Waals surface area contributed by atoms with Gasteiger partial charge in [-0.05, 0) is 69.7 Å². The summed E-state index contributed by atoms with van der Waals surface area (Å²) in [6.45, 7) is 1.95. The van der Waals surface area contributed by atoms with Crippen molar-refractivity contribution in [2.75, 3.05) is 7.11 Å². The first-order valence-electron chi connectivity index (χ1n) is 11.5. The molecule has 0 bridgehead atoms. The van der Waals surface area contributed by atoms with Gasteiger partial charge in [0.25, 0.3) is 0 Å². The van der Waals surface area contributed by atoms with Gasteiger partial charge < -0.3 is 14.0 Å². The molecular formula is C24H31N3O4. The van der Waals surface area contributed by atoms with E-state index in [-0.39, 0.29) is 6.10 Å². The van der Waals surface area contributed by atoms with Gasteiger partial charge >= 0.3 is 0 Å². The molecule has 0 radical (unpaired) electrons. The van der Waals surface area contributed by atoms with Crippen LogP contribution in [-0.2, 0) is 10.4 Å². The fraction of sp³-hybridized carbons (Fsp3) is 0.583. The molecule has 2 fully saturated rings. The van der Waals surface area contributed by atoms with E-state index in [0.29, 0.717) is 11.7 Å². The summed E-state index contributed by atoms with van der Waals surface area (Å²) >= 11 is 0. The number of ether oxygens (including phenoxy) is 2. The number of nitrogens with one attached hydrogen (secondary N) is 1. The van der Waals surface area contributed by atoms with Gasteiger partial charge in [0, 0.05) is 11.5 Å². The van der Waals surface area contributed by atoms with Crippen molar-refractivity contribution >= 4 is 5.70 Å². The molecule has 3 aliphatic rings.